The van der Waals surface area contributed by atoms with Crippen molar-refractivity contribution in [3.8, 4) is 5.75 Å². The molecule has 186 valence electrons. The number of hydrogen-bond donors (Lipinski definition) is 2. The van der Waals surface area contributed by atoms with Crippen molar-refractivity contribution in [2.24, 2.45) is 0 Å². The van der Waals surface area contributed by atoms with Crippen LogP contribution in [0.2, 0.25) is 0 Å². The van der Waals surface area contributed by atoms with Gasteiger partial charge < -0.3 is 24.5 Å². The van der Waals surface area contributed by atoms with Crippen molar-refractivity contribution in [3.63, 3.8) is 0 Å². The zero-order valence-corrected chi connectivity index (χ0v) is 19.2. The van der Waals surface area contributed by atoms with E-state index in [0.717, 1.165) is 10.6 Å². The van der Waals surface area contributed by atoms with Crippen molar-refractivity contribution < 1.29 is 36.9 Å². The number of benzene rings is 1. The molecule has 2 aromatic heterocycles. The normalized spacial score (nSPS) is 19.3. The number of imidazole rings is 1. The van der Waals surface area contributed by atoms with Crippen LogP contribution in [0.25, 0.3) is 11.2 Å². The molecule has 3 heterocycles. The molecule has 1 aliphatic heterocycles. The summed E-state index contributed by atoms with van der Waals surface area (Å²) in [5.41, 5.74) is 5.61. The Kier molecular flexibility index (Phi) is 7.36. The number of aromatic nitrogens is 4. The number of anilines is 1. The molecule has 3 N–H and O–H groups in total. The molecule has 3 atom stereocenters. The van der Waals surface area contributed by atoms with Crippen LogP contribution in [-0.2, 0) is 23.6 Å². The van der Waals surface area contributed by atoms with Crippen molar-refractivity contribution in [1.82, 2.24) is 24.6 Å². The van der Waals surface area contributed by atoms with Crippen LogP contribution in [-0.4, -0.2) is 51.3 Å². The fourth-order valence-electron chi connectivity index (χ4n) is 3.14. The van der Waals surface area contributed by atoms with Crippen LogP contribution in [0.5, 0.6) is 5.75 Å². The highest BCUT2D eigenvalue weighted by Crippen LogP contribution is 2.44. The number of halogens is 2. The number of nitrogens with one attached hydrogen (secondary N) is 1. The number of hydrogen-bond acceptors (Lipinski definition) is 10. The Morgan fingerprint density at radius 2 is 2.06 bits per heavy atom. The van der Waals surface area contributed by atoms with E-state index in [9.17, 15) is 18.1 Å². The summed E-state index contributed by atoms with van der Waals surface area (Å²) in [6, 6.07) is 8.21. The van der Waals surface area contributed by atoms with Gasteiger partial charge in [0.15, 0.2) is 41.7 Å². The number of nitrogens with two attached hydrogens (primary N) is 1. The van der Waals surface area contributed by atoms with Crippen molar-refractivity contribution in [2.75, 3.05) is 25.2 Å². The van der Waals surface area contributed by atoms with E-state index in [1.807, 2.05) is 0 Å². The smallest absolute Gasteiger partial charge is 0.342 e. The number of ether oxygens (including phenoxy) is 3. The maximum Gasteiger partial charge on any atom is 0.342 e. The monoisotopic (exact) mass is 510 g/mol. The van der Waals surface area contributed by atoms with E-state index in [4.69, 9.17) is 24.5 Å². The number of nitrogen functional groups attached to an aromatic ring is 1. The number of carbonyl (C=O) groups excluding carboxylic acids is 1. The Balaban J connectivity index is 1.46. The first kappa shape index (κ1) is 24.7. The van der Waals surface area contributed by atoms with Crippen LogP contribution in [0.1, 0.15) is 13.2 Å². The average Bonchev–Trinajstić information content (AvgIpc) is 3.40. The Labute approximate surface area is 197 Å². The molecule has 12 nitrogen and oxygen atoms in total. The first-order valence-corrected chi connectivity index (χ1v) is 12.1. The fraction of sp³-hybridized carbons (Fsp3) is 0.300. The van der Waals surface area contributed by atoms with Gasteiger partial charge in [0.25, 0.3) is 0 Å². The number of nitrogens with zero attached hydrogens (tertiary/aromatic N) is 4. The molecule has 0 fully saturated rings. The van der Waals surface area contributed by atoms with Crippen LogP contribution in [0.4, 0.5) is 14.6 Å². The Morgan fingerprint density at radius 3 is 2.80 bits per heavy atom. The molecule has 0 aliphatic carbocycles. The van der Waals surface area contributed by atoms with Crippen molar-refractivity contribution in [3.05, 3.63) is 54.6 Å². The lowest BCUT2D eigenvalue weighted by Gasteiger charge is -2.22. The summed E-state index contributed by atoms with van der Waals surface area (Å²) >= 11 is 0. The fourth-order valence-corrected chi connectivity index (χ4v) is 4.52. The number of rotatable bonds is 10. The van der Waals surface area contributed by atoms with E-state index in [2.05, 4.69) is 20.0 Å². The van der Waals surface area contributed by atoms with Crippen molar-refractivity contribution in [2.45, 2.75) is 19.4 Å². The van der Waals surface area contributed by atoms with Gasteiger partial charge in [0.05, 0.1) is 12.9 Å². The van der Waals surface area contributed by atoms with E-state index < -0.39 is 50.8 Å². The van der Waals surface area contributed by atoms with E-state index in [0.29, 0.717) is 0 Å². The third kappa shape index (κ3) is 5.80. The molecular formula is C20H21F2N6O6P. The van der Waals surface area contributed by atoms with Gasteiger partial charge in [0.2, 0.25) is 0 Å². The van der Waals surface area contributed by atoms with Gasteiger partial charge in [-0.15, -0.1) is 0 Å². The van der Waals surface area contributed by atoms with Gasteiger partial charge in [-0.05, 0) is 19.1 Å². The molecule has 35 heavy (non-hydrogen) atoms. The molecule has 0 bridgehead atoms. The maximum atomic E-state index is 14.7. The maximum absolute atomic E-state index is 14.7. The standard InChI is InChI=1S/C20H21F2N6O6P/c1-2-31-14(29)9-25-35(30,34-12-6-4-3-5-7-12)11-32-15-8-13(21)19(33-15)28-10-24-16-17(23)26-20(22)27-18(16)28/h3-8,10,15,19H,2,9,11H2,1H3,(H,25,30)(H2,23,26,27). The summed E-state index contributed by atoms with van der Waals surface area (Å²) in [6.07, 6.45) is -2.22. The molecule has 0 spiro atoms. The first-order chi connectivity index (χ1) is 16.8. The quantitative estimate of drug-likeness (QED) is 0.235. The average molecular weight is 510 g/mol. The molecule has 0 amide bonds. The molecule has 4 rings (SSSR count). The lowest BCUT2D eigenvalue weighted by atomic mass is 10.3. The van der Waals surface area contributed by atoms with Gasteiger partial charge in [-0.3, -0.25) is 13.9 Å². The highest BCUT2D eigenvalue weighted by Gasteiger charge is 2.34. The molecule has 0 radical (unpaired) electrons. The molecule has 1 aromatic carbocycles. The minimum atomic E-state index is -3.83. The number of carbonyl (C=O) groups is 1. The van der Waals surface area contributed by atoms with Crippen LogP contribution < -0.4 is 15.3 Å². The zero-order chi connectivity index (χ0) is 25.0. The van der Waals surface area contributed by atoms with E-state index in [1.54, 1.807) is 37.3 Å². The van der Waals surface area contributed by atoms with Crippen LogP contribution in [0.15, 0.2) is 48.6 Å². The summed E-state index contributed by atoms with van der Waals surface area (Å²) in [4.78, 5) is 22.7. The Hall–Kier alpha value is -3.45. The summed E-state index contributed by atoms with van der Waals surface area (Å²) in [5.74, 6) is -1.39. The lowest BCUT2D eigenvalue weighted by Crippen LogP contribution is -2.27. The minimum absolute atomic E-state index is 0.0658. The summed E-state index contributed by atoms with van der Waals surface area (Å²) < 4.78 is 64.2. The van der Waals surface area contributed by atoms with Crippen LogP contribution >= 0.6 is 7.52 Å². The second-order valence-electron chi connectivity index (χ2n) is 7.12. The molecule has 3 aromatic rings. The van der Waals surface area contributed by atoms with Gasteiger partial charge in [-0.25, -0.2) is 14.5 Å². The number of para-hydroxylation sites is 1. The Morgan fingerprint density at radius 1 is 1.29 bits per heavy atom. The second kappa shape index (κ2) is 10.4. The summed E-state index contributed by atoms with van der Waals surface area (Å²) in [7, 11) is -3.83. The predicted molar refractivity (Wildman–Crippen MR) is 118 cm³/mol. The second-order valence-corrected chi connectivity index (χ2v) is 9.23. The SMILES string of the molecule is CCOC(=O)CNP(=O)(COC1C=C(F)C(n2cnc3c(N)nc(F)nc32)O1)Oc1ccccc1. The Bertz CT molecular complexity index is 1290. The van der Waals surface area contributed by atoms with Crippen LogP contribution in [0.3, 0.4) is 0 Å². The first-order valence-electron chi connectivity index (χ1n) is 10.3. The number of esters is 1. The number of fused-ring (bicyclic) bond motifs is 1. The van der Waals surface area contributed by atoms with E-state index in [-0.39, 0.29) is 29.3 Å². The summed E-state index contributed by atoms with van der Waals surface area (Å²) in [6.45, 7) is 1.37. The third-order valence-electron chi connectivity index (χ3n) is 4.64. The van der Waals surface area contributed by atoms with Gasteiger partial charge in [0, 0.05) is 6.08 Å². The largest absolute Gasteiger partial charge is 0.465 e. The summed E-state index contributed by atoms with van der Waals surface area (Å²) in [5, 5.41) is 2.52. The van der Waals surface area contributed by atoms with E-state index in [1.165, 1.54) is 6.33 Å². The highest BCUT2D eigenvalue weighted by atomic mass is 31.2. The van der Waals surface area contributed by atoms with Gasteiger partial charge in [-0.2, -0.15) is 14.4 Å². The zero-order valence-electron chi connectivity index (χ0n) is 18.3. The van der Waals surface area contributed by atoms with Gasteiger partial charge >= 0.3 is 19.6 Å². The molecule has 15 heteroatoms. The molecule has 0 saturated carbocycles. The van der Waals surface area contributed by atoms with Crippen molar-refractivity contribution in [1.29, 1.82) is 0 Å². The molecular weight excluding hydrogens is 489 g/mol. The van der Waals surface area contributed by atoms with Gasteiger partial charge in [0.1, 0.15) is 12.3 Å². The minimum Gasteiger partial charge on any atom is -0.465 e. The lowest BCUT2D eigenvalue weighted by molar-refractivity contribution is -0.141. The molecule has 3 unspecified atom stereocenters. The molecule has 1 aliphatic rings. The van der Waals surface area contributed by atoms with Crippen molar-refractivity contribution >= 4 is 30.5 Å². The highest BCUT2D eigenvalue weighted by molar-refractivity contribution is 7.57. The topological polar surface area (TPSA) is 153 Å². The predicted octanol–water partition coefficient (Wildman–Crippen LogP) is 2.65. The van der Waals surface area contributed by atoms with Crippen LogP contribution in [0, 0.1) is 6.08 Å². The van der Waals surface area contributed by atoms with Gasteiger partial charge in [-0.1, -0.05) is 18.2 Å². The van der Waals surface area contributed by atoms with E-state index >= 15 is 0 Å². The molecule has 0 saturated heterocycles. The third-order valence-corrected chi connectivity index (χ3v) is 6.28.